The summed E-state index contributed by atoms with van der Waals surface area (Å²) < 4.78 is 10.5. The molecule has 0 aromatic carbocycles. The van der Waals surface area contributed by atoms with Crippen molar-refractivity contribution in [2.24, 2.45) is 0 Å². The zero-order valence-electron chi connectivity index (χ0n) is 12.9. The van der Waals surface area contributed by atoms with E-state index in [-0.39, 0.29) is 30.7 Å². The van der Waals surface area contributed by atoms with Crippen LogP contribution in [0.4, 0.5) is 0 Å². The molecule has 0 saturated carbocycles. The average molecular weight is 288 g/mol. The minimum atomic E-state index is -0.130. The number of amides is 2. The minimum absolute atomic E-state index is 0.0977. The highest BCUT2D eigenvalue weighted by molar-refractivity contribution is 5.83. The van der Waals surface area contributed by atoms with Crippen LogP contribution in [-0.2, 0) is 19.1 Å². The molecule has 0 spiro atoms. The summed E-state index contributed by atoms with van der Waals surface area (Å²) in [7, 11) is 0. The Kier molecular flexibility index (Phi) is 12.1. The lowest BCUT2D eigenvalue weighted by Crippen LogP contribution is -2.32. The van der Waals surface area contributed by atoms with Crippen LogP contribution in [0.5, 0.6) is 0 Å². The van der Waals surface area contributed by atoms with Gasteiger partial charge in [-0.3, -0.25) is 9.59 Å². The van der Waals surface area contributed by atoms with Crippen molar-refractivity contribution >= 4 is 11.8 Å². The Labute approximate surface area is 121 Å². The zero-order valence-corrected chi connectivity index (χ0v) is 12.9. The summed E-state index contributed by atoms with van der Waals surface area (Å²) >= 11 is 0. The van der Waals surface area contributed by atoms with E-state index in [0.717, 1.165) is 13.0 Å². The van der Waals surface area contributed by atoms with Gasteiger partial charge in [0.1, 0.15) is 0 Å². The Hall–Kier alpha value is -1.14. The van der Waals surface area contributed by atoms with Gasteiger partial charge in [0, 0.05) is 32.0 Å². The molecular formula is C14H28N2O4. The van der Waals surface area contributed by atoms with E-state index in [1.54, 1.807) is 0 Å². The second-order valence-corrected chi connectivity index (χ2v) is 4.80. The number of carbonyl (C=O) groups excluding carboxylic acids is 2. The van der Waals surface area contributed by atoms with Gasteiger partial charge in [-0.25, -0.2) is 0 Å². The molecule has 0 fully saturated rings. The summed E-state index contributed by atoms with van der Waals surface area (Å²) in [6.07, 6.45) is 1.42. The van der Waals surface area contributed by atoms with Crippen molar-refractivity contribution in [3.63, 3.8) is 0 Å². The first kappa shape index (κ1) is 18.9. The highest BCUT2D eigenvalue weighted by Gasteiger charge is 2.07. The Morgan fingerprint density at radius 2 is 1.55 bits per heavy atom. The fourth-order valence-electron chi connectivity index (χ4n) is 1.44. The third-order valence-electron chi connectivity index (χ3n) is 2.32. The molecule has 6 nitrogen and oxygen atoms in total. The summed E-state index contributed by atoms with van der Waals surface area (Å²) in [5, 5.41) is 5.45. The molecule has 0 aliphatic heterocycles. The van der Waals surface area contributed by atoms with Gasteiger partial charge < -0.3 is 20.1 Å². The molecule has 0 aliphatic carbocycles. The fourth-order valence-corrected chi connectivity index (χ4v) is 1.44. The van der Waals surface area contributed by atoms with Gasteiger partial charge in [-0.2, -0.15) is 0 Å². The minimum Gasteiger partial charge on any atom is -0.379 e. The second kappa shape index (κ2) is 12.9. The van der Waals surface area contributed by atoms with Crippen molar-refractivity contribution < 1.29 is 19.1 Å². The summed E-state index contributed by atoms with van der Waals surface area (Å²) in [5.74, 6) is -0.228. The molecule has 0 aliphatic rings. The van der Waals surface area contributed by atoms with Crippen LogP contribution in [0.15, 0.2) is 0 Å². The van der Waals surface area contributed by atoms with Crippen molar-refractivity contribution in [2.45, 2.75) is 46.1 Å². The Morgan fingerprint density at radius 3 is 2.15 bits per heavy atom. The lowest BCUT2D eigenvalue weighted by atomic mass is 10.2. The molecule has 20 heavy (non-hydrogen) atoms. The van der Waals surface area contributed by atoms with E-state index in [0.29, 0.717) is 26.4 Å². The van der Waals surface area contributed by atoms with Gasteiger partial charge in [-0.15, -0.1) is 0 Å². The fraction of sp³-hybridized carbons (Fsp3) is 0.857. The van der Waals surface area contributed by atoms with Crippen molar-refractivity contribution in [1.82, 2.24) is 10.6 Å². The number of ether oxygens (including phenoxy) is 2. The molecule has 0 atom stereocenters. The predicted molar refractivity (Wildman–Crippen MR) is 77.5 cm³/mol. The molecule has 0 bridgehead atoms. The molecule has 2 N–H and O–H groups in total. The van der Waals surface area contributed by atoms with Gasteiger partial charge in [0.25, 0.3) is 0 Å². The molecule has 0 aromatic rings. The SMILES string of the molecule is CCCOCCOCCNC(=O)CCC(=O)NC(C)C. The lowest BCUT2D eigenvalue weighted by Gasteiger charge is -2.09. The van der Waals surface area contributed by atoms with Crippen LogP contribution >= 0.6 is 0 Å². The quantitative estimate of drug-likeness (QED) is 0.522. The molecule has 118 valence electrons. The van der Waals surface area contributed by atoms with Crippen LogP contribution in [0, 0.1) is 0 Å². The van der Waals surface area contributed by atoms with Crippen molar-refractivity contribution in [1.29, 1.82) is 0 Å². The van der Waals surface area contributed by atoms with Crippen LogP contribution in [0.2, 0.25) is 0 Å². The molecule has 2 amide bonds. The molecule has 0 heterocycles. The smallest absolute Gasteiger partial charge is 0.220 e. The first-order valence-electron chi connectivity index (χ1n) is 7.27. The van der Waals surface area contributed by atoms with E-state index in [1.165, 1.54) is 0 Å². The molecular weight excluding hydrogens is 260 g/mol. The topological polar surface area (TPSA) is 76.7 Å². The third-order valence-corrected chi connectivity index (χ3v) is 2.32. The van der Waals surface area contributed by atoms with Crippen LogP contribution < -0.4 is 10.6 Å². The van der Waals surface area contributed by atoms with Crippen LogP contribution in [0.1, 0.15) is 40.0 Å². The van der Waals surface area contributed by atoms with E-state index < -0.39 is 0 Å². The maximum atomic E-state index is 11.4. The first-order chi connectivity index (χ1) is 9.56. The standard InChI is InChI=1S/C14H28N2O4/c1-4-8-19-10-11-20-9-7-15-13(17)5-6-14(18)16-12(2)3/h12H,4-11H2,1-3H3,(H,15,17)(H,16,18). The molecule has 0 rings (SSSR count). The number of hydrogen-bond donors (Lipinski definition) is 2. The first-order valence-corrected chi connectivity index (χ1v) is 7.27. The van der Waals surface area contributed by atoms with Gasteiger partial charge >= 0.3 is 0 Å². The summed E-state index contributed by atoms with van der Waals surface area (Å²) in [5.41, 5.74) is 0. The largest absolute Gasteiger partial charge is 0.379 e. The third kappa shape index (κ3) is 13.3. The monoisotopic (exact) mass is 288 g/mol. The van der Waals surface area contributed by atoms with Gasteiger partial charge in [-0.05, 0) is 20.3 Å². The maximum absolute atomic E-state index is 11.4. The predicted octanol–water partition coefficient (Wildman–Crippen LogP) is 0.851. The molecule has 6 heteroatoms. The summed E-state index contributed by atoms with van der Waals surface area (Å²) in [4.78, 5) is 22.8. The van der Waals surface area contributed by atoms with Crippen molar-refractivity contribution in [2.75, 3.05) is 33.0 Å². The normalized spacial score (nSPS) is 10.6. The molecule has 0 aromatic heterocycles. The maximum Gasteiger partial charge on any atom is 0.220 e. The molecule has 0 saturated heterocycles. The Balaban J connectivity index is 3.34. The summed E-state index contributed by atoms with van der Waals surface area (Å²) in [6, 6.07) is 0.105. The number of hydrogen-bond acceptors (Lipinski definition) is 4. The van der Waals surface area contributed by atoms with Crippen LogP contribution in [-0.4, -0.2) is 50.8 Å². The molecule has 0 radical (unpaired) electrons. The van der Waals surface area contributed by atoms with E-state index in [1.807, 2.05) is 13.8 Å². The van der Waals surface area contributed by atoms with Crippen molar-refractivity contribution in [3.8, 4) is 0 Å². The van der Waals surface area contributed by atoms with Gasteiger partial charge in [0.05, 0.1) is 19.8 Å². The van der Waals surface area contributed by atoms with Gasteiger partial charge in [0.2, 0.25) is 11.8 Å². The average Bonchev–Trinajstić information content (AvgIpc) is 2.38. The van der Waals surface area contributed by atoms with Crippen molar-refractivity contribution in [3.05, 3.63) is 0 Å². The van der Waals surface area contributed by atoms with E-state index >= 15 is 0 Å². The van der Waals surface area contributed by atoms with Crippen LogP contribution in [0.25, 0.3) is 0 Å². The zero-order chi connectivity index (χ0) is 15.2. The Bertz CT molecular complexity index is 270. The van der Waals surface area contributed by atoms with E-state index in [9.17, 15) is 9.59 Å². The number of nitrogens with one attached hydrogen (secondary N) is 2. The van der Waals surface area contributed by atoms with Gasteiger partial charge in [0.15, 0.2) is 0 Å². The summed E-state index contributed by atoms with van der Waals surface area (Å²) in [6.45, 7) is 8.61. The van der Waals surface area contributed by atoms with E-state index in [4.69, 9.17) is 9.47 Å². The van der Waals surface area contributed by atoms with Crippen LogP contribution in [0.3, 0.4) is 0 Å². The second-order valence-electron chi connectivity index (χ2n) is 4.80. The van der Waals surface area contributed by atoms with E-state index in [2.05, 4.69) is 17.6 Å². The van der Waals surface area contributed by atoms with Gasteiger partial charge in [-0.1, -0.05) is 6.92 Å². The lowest BCUT2D eigenvalue weighted by molar-refractivity contribution is -0.126. The number of carbonyl (C=O) groups is 2. The highest BCUT2D eigenvalue weighted by atomic mass is 16.5. The highest BCUT2D eigenvalue weighted by Crippen LogP contribution is 1.90. The number of rotatable bonds is 12. The molecule has 0 unspecified atom stereocenters. The Morgan fingerprint density at radius 1 is 0.950 bits per heavy atom.